The van der Waals surface area contributed by atoms with E-state index >= 15 is 0 Å². The van der Waals surface area contributed by atoms with Crippen LogP contribution in [0.25, 0.3) is 5.84 Å². The van der Waals surface area contributed by atoms with Crippen LogP contribution in [0.15, 0.2) is 0 Å². The van der Waals surface area contributed by atoms with Gasteiger partial charge in [0.25, 0.3) is 0 Å². The van der Waals surface area contributed by atoms with E-state index in [4.69, 9.17) is 5.84 Å². The van der Waals surface area contributed by atoms with Crippen LogP contribution < -0.4 is 16.0 Å². The molecule has 2 unspecified atom stereocenters. The van der Waals surface area contributed by atoms with Crippen molar-refractivity contribution in [1.82, 2.24) is 5.43 Å². The molecule has 0 saturated heterocycles. The van der Waals surface area contributed by atoms with E-state index in [2.05, 4.69) is 10.3 Å². The van der Waals surface area contributed by atoms with Crippen LogP contribution in [0.5, 0.6) is 0 Å². The van der Waals surface area contributed by atoms with Crippen LogP contribution in [-0.2, 0) is 4.84 Å². The van der Waals surface area contributed by atoms with Gasteiger partial charge in [-0.15, -0.1) is 10.7 Å². The van der Waals surface area contributed by atoms with Crippen molar-refractivity contribution in [2.45, 2.75) is 19.3 Å². The lowest BCUT2D eigenvalue weighted by Gasteiger charge is -2.31. The second-order valence-corrected chi connectivity index (χ2v) is 3.04. The third-order valence-electron chi connectivity index (χ3n) is 2.18. The molecule has 1 aliphatic rings. The molecule has 0 bridgehead atoms. The molecule has 6 nitrogen and oxygen atoms in total. The molecule has 2 atom stereocenters. The molecule has 1 rings (SSSR count). The predicted octanol–water partition coefficient (Wildman–Crippen LogP) is -2.00. The largest absolute Gasteiger partial charge is 0.548 e. The maximum atomic E-state index is 10.7. The summed E-state index contributed by atoms with van der Waals surface area (Å²) in [6, 6.07) is 0. The molecular weight excluding hydrogens is 160 g/mol. The smallest absolute Gasteiger partial charge is 0.103 e. The SMILES string of the molecule is CO[NH+]([O-])[NH+]([NH-])NCC1CCC1. The Morgan fingerprint density at radius 1 is 1.67 bits per heavy atom. The molecule has 0 heterocycles. The molecule has 0 aromatic heterocycles. The summed E-state index contributed by atoms with van der Waals surface area (Å²) in [5.74, 6) is 7.85. The number of rotatable bonds is 5. The van der Waals surface area contributed by atoms with E-state index in [1.54, 1.807) is 0 Å². The lowest BCUT2D eigenvalue weighted by molar-refractivity contribution is -1.56. The van der Waals surface area contributed by atoms with Gasteiger partial charge in [-0.3, -0.25) is 0 Å². The number of quaternary nitrogens is 2. The first-order valence-corrected chi connectivity index (χ1v) is 4.14. The van der Waals surface area contributed by atoms with Gasteiger partial charge >= 0.3 is 0 Å². The Morgan fingerprint density at radius 3 is 2.75 bits per heavy atom. The van der Waals surface area contributed by atoms with Gasteiger partial charge in [0.2, 0.25) is 0 Å². The van der Waals surface area contributed by atoms with Gasteiger partial charge < -0.3 is 11.0 Å². The highest BCUT2D eigenvalue weighted by Crippen LogP contribution is 2.24. The first-order chi connectivity index (χ1) is 5.74. The highest BCUT2D eigenvalue weighted by molar-refractivity contribution is 4.69. The van der Waals surface area contributed by atoms with Crippen LogP contribution in [0.3, 0.4) is 0 Å². The number of nitrogens with one attached hydrogen (secondary N) is 4. The van der Waals surface area contributed by atoms with E-state index in [-0.39, 0.29) is 5.23 Å². The highest BCUT2D eigenvalue weighted by Gasteiger charge is 2.18. The van der Waals surface area contributed by atoms with Crippen LogP contribution in [0.2, 0.25) is 0 Å². The predicted molar refractivity (Wildman–Crippen MR) is 42.0 cm³/mol. The first kappa shape index (κ1) is 9.85. The van der Waals surface area contributed by atoms with Gasteiger partial charge in [-0.1, -0.05) is 11.8 Å². The van der Waals surface area contributed by atoms with Crippen molar-refractivity contribution in [2.24, 2.45) is 5.92 Å². The van der Waals surface area contributed by atoms with E-state index in [1.165, 1.54) is 26.4 Å². The molecule has 72 valence electrons. The molecule has 0 spiro atoms. The van der Waals surface area contributed by atoms with Gasteiger partial charge in [-0.2, -0.15) is 4.84 Å². The average molecular weight is 176 g/mol. The average Bonchev–Trinajstić information content (AvgIpc) is 2.00. The lowest BCUT2D eigenvalue weighted by Crippen LogP contribution is -3.57. The molecule has 12 heavy (non-hydrogen) atoms. The molecule has 0 aromatic carbocycles. The fourth-order valence-corrected chi connectivity index (χ4v) is 1.12. The van der Waals surface area contributed by atoms with Gasteiger partial charge in [0, 0.05) is 0 Å². The summed E-state index contributed by atoms with van der Waals surface area (Å²) in [6.07, 6.45) is 3.70. The third-order valence-corrected chi connectivity index (χ3v) is 2.18. The van der Waals surface area contributed by atoms with Crippen LogP contribution in [0.1, 0.15) is 19.3 Å². The summed E-state index contributed by atoms with van der Waals surface area (Å²) < 4.78 is 0. The molecule has 4 N–H and O–H groups in total. The van der Waals surface area contributed by atoms with Crippen molar-refractivity contribution in [3.8, 4) is 0 Å². The summed E-state index contributed by atoms with van der Waals surface area (Å²) in [4.78, 5) is 4.37. The van der Waals surface area contributed by atoms with Gasteiger partial charge in [0.1, 0.15) is 7.11 Å². The van der Waals surface area contributed by atoms with E-state index in [0.29, 0.717) is 5.92 Å². The van der Waals surface area contributed by atoms with Crippen molar-refractivity contribution in [3.05, 3.63) is 11.0 Å². The summed E-state index contributed by atoms with van der Waals surface area (Å²) in [7, 11) is 1.28. The van der Waals surface area contributed by atoms with Crippen LogP contribution in [-0.4, -0.2) is 13.7 Å². The zero-order chi connectivity index (χ0) is 8.97. The Bertz CT molecular complexity index is 131. The fourth-order valence-electron chi connectivity index (χ4n) is 1.12. The summed E-state index contributed by atoms with van der Waals surface area (Å²) >= 11 is 0. The molecule has 0 radical (unpaired) electrons. The van der Waals surface area contributed by atoms with Gasteiger partial charge in [-0.25, -0.2) is 0 Å². The minimum Gasteiger partial charge on any atom is -0.548 e. The third kappa shape index (κ3) is 2.67. The molecular formula is C6H16N4O2. The Morgan fingerprint density at radius 2 is 2.33 bits per heavy atom. The first-order valence-electron chi connectivity index (χ1n) is 4.14. The molecule has 6 heteroatoms. The normalized spacial score (nSPS) is 23.2. The maximum Gasteiger partial charge on any atom is 0.103 e. The second kappa shape index (κ2) is 4.70. The minimum absolute atomic E-state index is 0.135. The highest BCUT2D eigenvalue weighted by atomic mass is 16.9. The monoisotopic (exact) mass is 176 g/mol. The minimum atomic E-state index is -0.589. The van der Waals surface area contributed by atoms with Crippen molar-refractivity contribution in [3.63, 3.8) is 0 Å². The van der Waals surface area contributed by atoms with Crippen LogP contribution >= 0.6 is 0 Å². The molecule has 0 aliphatic heterocycles. The van der Waals surface area contributed by atoms with Crippen molar-refractivity contribution in [2.75, 3.05) is 13.7 Å². The summed E-state index contributed by atoms with van der Waals surface area (Å²) in [5, 5.41) is 10.00. The van der Waals surface area contributed by atoms with Gasteiger partial charge in [-0.05, 0) is 18.8 Å². The van der Waals surface area contributed by atoms with E-state index in [9.17, 15) is 5.21 Å². The standard InChI is InChI=1S/C6H16N4O2/c1-12-10(11)9(7)8-5-6-3-2-4-6/h6-10H,2-5H2,1H3. The lowest BCUT2D eigenvalue weighted by atomic mass is 9.86. The Hall–Kier alpha value is -0.240. The number of hydrogen-bond acceptors (Lipinski definition) is 3. The topological polar surface area (TPSA) is 77.0 Å². The fraction of sp³-hybridized carbons (Fsp3) is 1.00. The van der Waals surface area contributed by atoms with Crippen LogP contribution in [0, 0.1) is 11.1 Å². The van der Waals surface area contributed by atoms with Gasteiger partial charge in [0.05, 0.1) is 6.54 Å². The van der Waals surface area contributed by atoms with Crippen molar-refractivity contribution in [1.29, 1.82) is 0 Å². The van der Waals surface area contributed by atoms with E-state index in [1.807, 2.05) is 0 Å². The quantitative estimate of drug-likeness (QED) is 0.424. The summed E-state index contributed by atoms with van der Waals surface area (Å²) in [6.45, 7) is 0.730. The van der Waals surface area contributed by atoms with Crippen molar-refractivity contribution < 1.29 is 15.4 Å². The molecule has 1 aliphatic carbocycles. The summed E-state index contributed by atoms with van der Waals surface area (Å²) in [5.41, 5.74) is 2.74. The Balaban J connectivity index is 2.04. The maximum absolute atomic E-state index is 10.7. The van der Waals surface area contributed by atoms with Gasteiger partial charge in [0.15, 0.2) is 0 Å². The Labute approximate surface area is 71.7 Å². The molecule has 0 amide bonds. The zero-order valence-electron chi connectivity index (χ0n) is 7.22. The molecule has 0 aromatic rings. The Kier molecular flexibility index (Phi) is 3.86. The zero-order valence-corrected chi connectivity index (χ0v) is 7.22. The molecule has 1 fully saturated rings. The number of hydrogen-bond donors (Lipinski definition) is 3. The van der Waals surface area contributed by atoms with Crippen LogP contribution in [0.4, 0.5) is 0 Å². The second-order valence-electron chi connectivity index (χ2n) is 3.04. The van der Waals surface area contributed by atoms with E-state index in [0.717, 1.165) is 6.54 Å². The van der Waals surface area contributed by atoms with Crippen molar-refractivity contribution >= 4 is 0 Å². The van der Waals surface area contributed by atoms with E-state index < -0.39 is 5.34 Å². The molecule has 1 saturated carbocycles.